The summed E-state index contributed by atoms with van der Waals surface area (Å²) in [5, 5.41) is 3.03. The van der Waals surface area contributed by atoms with Crippen molar-refractivity contribution in [2.24, 2.45) is 0 Å². The number of halogens is 2. The standard InChI is InChI=1S/C29H31FIN3O4S/c1-21(29(36)32-25-7-5-6-8-25)33(19-22-11-13-23(30)14-12-22)28(35)20-34(26-17-15-24(31)16-18-26)39(37,38)27-9-3-2-4-10-27/h2-4,9-18,21,25H,5-8,19-20H2,1H3,(H,32,36). The summed E-state index contributed by atoms with van der Waals surface area (Å²) in [5.41, 5.74) is 0.953. The van der Waals surface area contributed by atoms with E-state index in [0.717, 1.165) is 33.6 Å². The van der Waals surface area contributed by atoms with Crippen molar-refractivity contribution in [3.8, 4) is 0 Å². The van der Waals surface area contributed by atoms with Gasteiger partial charge in [-0.15, -0.1) is 0 Å². The highest BCUT2D eigenvalue weighted by Gasteiger charge is 2.33. The molecule has 1 saturated carbocycles. The van der Waals surface area contributed by atoms with Gasteiger partial charge in [-0.25, -0.2) is 12.8 Å². The molecule has 1 fully saturated rings. The number of hydrogen-bond donors (Lipinski definition) is 1. The lowest BCUT2D eigenvalue weighted by molar-refractivity contribution is -0.139. The molecule has 39 heavy (non-hydrogen) atoms. The Morgan fingerprint density at radius 1 is 0.974 bits per heavy atom. The van der Waals surface area contributed by atoms with E-state index in [9.17, 15) is 22.4 Å². The van der Waals surface area contributed by atoms with Crippen LogP contribution in [0.2, 0.25) is 0 Å². The van der Waals surface area contributed by atoms with Crippen molar-refractivity contribution in [1.82, 2.24) is 10.2 Å². The summed E-state index contributed by atoms with van der Waals surface area (Å²) in [6, 6.07) is 19.6. The summed E-state index contributed by atoms with van der Waals surface area (Å²) in [4.78, 5) is 28.5. The van der Waals surface area contributed by atoms with E-state index in [1.807, 2.05) is 0 Å². The predicted molar refractivity (Wildman–Crippen MR) is 157 cm³/mol. The minimum atomic E-state index is -4.11. The molecule has 1 aliphatic rings. The minimum Gasteiger partial charge on any atom is -0.352 e. The molecule has 3 aromatic carbocycles. The SMILES string of the molecule is CC(C(=O)NC1CCCC1)N(Cc1ccc(F)cc1)C(=O)CN(c1ccc(I)cc1)S(=O)(=O)c1ccccc1. The second-order valence-corrected chi connectivity index (χ2v) is 12.7. The smallest absolute Gasteiger partial charge is 0.264 e. The number of hydrogen-bond acceptors (Lipinski definition) is 4. The minimum absolute atomic E-state index is 0.0181. The molecule has 0 aromatic heterocycles. The number of nitrogens with one attached hydrogen (secondary N) is 1. The Hall–Kier alpha value is -2.99. The van der Waals surface area contributed by atoms with Crippen molar-refractivity contribution in [3.05, 3.63) is 93.8 Å². The highest BCUT2D eigenvalue weighted by atomic mass is 127. The normalized spacial score (nSPS) is 14.5. The topological polar surface area (TPSA) is 86.8 Å². The van der Waals surface area contributed by atoms with E-state index < -0.39 is 34.3 Å². The fourth-order valence-electron chi connectivity index (χ4n) is 4.62. The van der Waals surface area contributed by atoms with Gasteiger partial charge in [0.15, 0.2) is 0 Å². The van der Waals surface area contributed by atoms with E-state index in [-0.39, 0.29) is 23.4 Å². The zero-order valence-electron chi connectivity index (χ0n) is 21.6. The Morgan fingerprint density at radius 2 is 1.59 bits per heavy atom. The van der Waals surface area contributed by atoms with E-state index in [1.54, 1.807) is 61.5 Å². The molecule has 1 aliphatic carbocycles. The first-order valence-electron chi connectivity index (χ1n) is 12.8. The maximum absolute atomic E-state index is 13.9. The highest BCUT2D eigenvalue weighted by Crippen LogP contribution is 2.25. The number of sulfonamides is 1. The average Bonchev–Trinajstić information content (AvgIpc) is 3.45. The van der Waals surface area contributed by atoms with Crippen LogP contribution in [0.1, 0.15) is 38.2 Å². The molecule has 4 rings (SSSR count). The molecule has 0 radical (unpaired) electrons. The molecular formula is C29H31FIN3O4S. The molecule has 7 nitrogen and oxygen atoms in total. The van der Waals surface area contributed by atoms with Crippen molar-refractivity contribution in [2.45, 2.75) is 56.1 Å². The molecule has 206 valence electrons. The summed E-state index contributed by atoms with van der Waals surface area (Å²) in [7, 11) is -4.11. The third-order valence-corrected chi connectivity index (χ3v) is 9.37. The van der Waals surface area contributed by atoms with Crippen molar-refractivity contribution < 1.29 is 22.4 Å². The van der Waals surface area contributed by atoms with Crippen LogP contribution in [0.15, 0.2) is 83.8 Å². The molecule has 1 N–H and O–H groups in total. The van der Waals surface area contributed by atoms with Crippen LogP contribution in [-0.2, 0) is 26.2 Å². The van der Waals surface area contributed by atoms with Gasteiger partial charge in [-0.2, -0.15) is 0 Å². The van der Waals surface area contributed by atoms with Gasteiger partial charge in [-0.1, -0.05) is 43.2 Å². The largest absolute Gasteiger partial charge is 0.352 e. The van der Waals surface area contributed by atoms with E-state index in [1.165, 1.54) is 29.2 Å². The monoisotopic (exact) mass is 663 g/mol. The number of carbonyl (C=O) groups is 2. The molecule has 1 atom stereocenters. The summed E-state index contributed by atoms with van der Waals surface area (Å²) in [6.45, 7) is 1.14. The maximum atomic E-state index is 13.9. The van der Waals surface area contributed by atoms with Gasteiger partial charge in [0.2, 0.25) is 11.8 Å². The Morgan fingerprint density at radius 3 is 2.21 bits per heavy atom. The van der Waals surface area contributed by atoms with E-state index in [0.29, 0.717) is 11.3 Å². The summed E-state index contributed by atoms with van der Waals surface area (Å²) in [5.74, 6) is -1.27. The van der Waals surface area contributed by atoms with Gasteiger partial charge in [0, 0.05) is 16.2 Å². The van der Waals surface area contributed by atoms with E-state index >= 15 is 0 Å². The zero-order valence-corrected chi connectivity index (χ0v) is 24.6. The molecule has 2 amide bonds. The number of amides is 2. The van der Waals surface area contributed by atoms with Crippen LogP contribution in [0.4, 0.5) is 10.1 Å². The van der Waals surface area contributed by atoms with Crippen LogP contribution in [0, 0.1) is 9.39 Å². The molecular weight excluding hydrogens is 632 g/mol. The summed E-state index contributed by atoms with van der Waals surface area (Å²) >= 11 is 2.12. The Balaban J connectivity index is 1.66. The molecule has 3 aromatic rings. The fourth-order valence-corrected chi connectivity index (χ4v) is 6.41. The second-order valence-electron chi connectivity index (χ2n) is 9.62. The first kappa shape index (κ1) is 29.0. The van der Waals surface area contributed by atoms with Gasteiger partial charge in [-0.3, -0.25) is 13.9 Å². The maximum Gasteiger partial charge on any atom is 0.264 e. The third kappa shape index (κ3) is 7.36. The summed E-state index contributed by atoms with van der Waals surface area (Å²) < 4.78 is 43.0. The predicted octanol–water partition coefficient (Wildman–Crippen LogP) is 5.10. The first-order valence-corrected chi connectivity index (χ1v) is 15.3. The number of anilines is 1. The van der Waals surface area contributed by atoms with Crippen LogP contribution in [0.5, 0.6) is 0 Å². The van der Waals surface area contributed by atoms with Crippen LogP contribution in [0.25, 0.3) is 0 Å². The van der Waals surface area contributed by atoms with Gasteiger partial charge in [0.05, 0.1) is 10.6 Å². The lowest BCUT2D eigenvalue weighted by Crippen LogP contribution is -2.52. The van der Waals surface area contributed by atoms with E-state index in [4.69, 9.17) is 0 Å². The van der Waals surface area contributed by atoms with Gasteiger partial charge < -0.3 is 10.2 Å². The lowest BCUT2D eigenvalue weighted by Gasteiger charge is -2.32. The van der Waals surface area contributed by atoms with Crippen LogP contribution in [0.3, 0.4) is 0 Å². The Labute approximate surface area is 242 Å². The highest BCUT2D eigenvalue weighted by molar-refractivity contribution is 14.1. The molecule has 1 unspecified atom stereocenters. The van der Waals surface area contributed by atoms with Crippen molar-refractivity contribution in [1.29, 1.82) is 0 Å². The first-order chi connectivity index (χ1) is 18.6. The number of nitrogens with zero attached hydrogens (tertiary/aromatic N) is 2. The van der Waals surface area contributed by atoms with Crippen LogP contribution >= 0.6 is 22.6 Å². The second kappa shape index (κ2) is 12.9. The van der Waals surface area contributed by atoms with Crippen LogP contribution < -0.4 is 9.62 Å². The molecule has 10 heteroatoms. The van der Waals surface area contributed by atoms with E-state index in [2.05, 4.69) is 27.9 Å². The number of rotatable bonds is 10. The van der Waals surface area contributed by atoms with Crippen molar-refractivity contribution in [3.63, 3.8) is 0 Å². The van der Waals surface area contributed by atoms with Crippen molar-refractivity contribution in [2.75, 3.05) is 10.8 Å². The number of carbonyl (C=O) groups excluding carboxylic acids is 2. The lowest BCUT2D eigenvalue weighted by atomic mass is 10.1. The molecule has 0 aliphatic heterocycles. The number of benzene rings is 3. The zero-order chi connectivity index (χ0) is 28.0. The van der Waals surface area contributed by atoms with Gasteiger partial charge >= 0.3 is 0 Å². The van der Waals surface area contributed by atoms with Gasteiger partial charge in [0.1, 0.15) is 18.4 Å². The third-order valence-electron chi connectivity index (χ3n) is 6.86. The quantitative estimate of drug-likeness (QED) is 0.306. The molecule has 0 spiro atoms. The molecule has 0 heterocycles. The fraction of sp³-hybridized carbons (Fsp3) is 0.310. The molecule has 0 bridgehead atoms. The molecule has 0 saturated heterocycles. The van der Waals surface area contributed by atoms with Crippen LogP contribution in [-0.4, -0.2) is 43.8 Å². The van der Waals surface area contributed by atoms with Crippen molar-refractivity contribution >= 4 is 50.1 Å². The summed E-state index contributed by atoms with van der Waals surface area (Å²) in [6.07, 6.45) is 3.86. The average molecular weight is 664 g/mol. The van der Waals surface area contributed by atoms with Gasteiger partial charge in [0.25, 0.3) is 10.0 Å². The van der Waals surface area contributed by atoms with Gasteiger partial charge in [-0.05, 0) is 96.5 Å². The Bertz CT molecular complexity index is 1380. The Kier molecular flexibility index (Phi) is 9.60.